The normalized spacial score (nSPS) is 15.8. The number of rotatable bonds is 5. The lowest BCUT2D eigenvalue weighted by molar-refractivity contribution is -0.917. The van der Waals surface area contributed by atoms with Crippen LogP contribution in [0.2, 0.25) is 0 Å². The minimum absolute atomic E-state index is 0.0976. The van der Waals surface area contributed by atoms with E-state index in [1.807, 2.05) is 35.2 Å². The van der Waals surface area contributed by atoms with E-state index >= 15 is 0 Å². The van der Waals surface area contributed by atoms with Crippen LogP contribution in [-0.2, 0) is 11.3 Å². The third-order valence-electron chi connectivity index (χ3n) is 4.35. The minimum atomic E-state index is 0.0976. The van der Waals surface area contributed by atoms with Crippen molar-refractivity contribution in [1.82, 2.24) is 4.90 Å². The Morgan fingerprint density at radius 2 is 2.00 bits per heavy atom. The Morgan fingerprint density at radius 3 is 2.62 bits per heavy atom. The zero-order valence-electron chi connectivity index (χ0n) is 13.9. The Balaban J connectivity index is 1.48. The maximum Gasteiger partial charge on any atom is 0.246 e. The van der Waals surface area contributed by atoms with Crippen molar-refractivity contribution in [3.05, 3.63) is 58.3 Å². The van der Waals surface area contributed by atoms with Crippen molar-refractivity contribution in [3.63, 3.8) is 0 Å². The first-order valence-corrected chi connectivity index (χ1v) is 9.14. The fourth-order valence-electron chi connectivity index (χ4n) is 2.89. The second kappa shape index (κ2) is 8.13. The van der Waals surface area contributed by atoms with E-state index in [1.54, 1.807) is 29.4 Å². The van der Waals surface area contributed by atoms with Crippen LogP contribution >= 0.6 is 11.3 Å². The van der Waals surface area contributed by atoms with Crippen molar-refractivity contribution in [3.8, 4) is 5.75 Å². The highest BCUT2D eigenvalue weighted by Gasteiger charge is 2.22. The number of thiophene rings is 1. The molecule has 3 rings (SSSR count). The summed E-state index contributed by atoms with van der Waals surface area (Å²) in [5.74, 6) is 0.920. The summed E-state index contributed by atoms with van der Waals surface area (Å²) in [6.45, 7) is 4.74. The summed E-state index contributed by atoms with van der Waals surface area (Å²) in [5, 5.41) is 4.33. The third kappa shape index (κ3) is 4.46. The number of hydrogen-bond donors (Lipinski definition) is 1. The maximum atomic E-state index is 12.3. The van der Waals surface area contributed by atoms with Crippen molar-refractivity contribution in [1.29, 1.82) is 0 Å². The molecule has 1 N–H and O–H groups in total. The van der Waals surface area contributed by atoms with Gasteiger partial charge in [0.25, 0.3) is 0 Å². The van der Waals surface area contributed by atoms with Crippen LogP contribution in [0.4, 0.5) is 0 Å². The van der Waals surface area contributed by atoms with E-state index < -0.39 is 0 Å². The number of quaternary nitrogens is 1. The van der Waals surface area contributed by atoms with Gasteiger partial charge in [-0.2, -0.15) is 11.3 Å². The highest BCUT2D eigenvalue weighted by atomic mass is 32.1. The van der Waals surface area contributed by atoms with Crippen LogP contribution in [0.3, 0.4) is 0 Å². The molecule has 24 heavy (non-hydrogen) atoms. The van der Waals surface area contributed by atoms with Crippen LogP contribution in [0, 0.1) is 0 Å². The first-order valence-electron chi connectivity index (χ1n) is 8.20. The zero-order valence-corrected chi connectivity index (χ0v) is 14.7. The van der Waals surface area contributed by atoms with Crippen molar-refractivity contribution >= 4 is 23.3 Å². The summed E-state index contributed by atoms with van der Waals surface area (Å²) in [5.41, 5.74) is 2.40. The number of ether oxygens (including phenoxy) is 1. The molecule has 0 spiro atoms. The Hall–Kier alpha value is -2.11. The highest BCUT2D eigenvalue weighted by Crippen LogP contribution is 2.12. The average Bonchev–Trinajstić information content (AvgIpc) is 3.14. The third-order valence-corrected chi connectivity index (χ3v) is 5.08. The van der Waals surface area contributed by atoms with Gasteiger partial charge in [-0.25, -0.2) is 0 Å². The summed E-state index contributed by atoms with van der Waals surface area (Å²) in [6.07, 6.45) is 3.54. The lowest BCUT2D eigenvalue weighted by Gasteiger charge is -2.31. The van der Waals surface area contributed by atoms with Crippen LogP contribution in [0.25, 0.3) is 6.08 Å². The number of benzene rings is 1. The van der Waals surface area contributed by atoms with Crippen LogP contribution < -0.4 is 9.64 Å². The number of methoxy groups -OCH3 is 1. The van der Waals surface area contributed by atoms with Crippen molar-refractivity contribution in [2.75, 3.05) is 33.3 Å². The summed E-state index contributed by atoms with van der Waals surface area (Å²) >= 11 is 1.75. The molecular weight excluding hydrogens is 320 g/mol. The van der Waals surface area contributed by atoms with Gasteiger partial charge in [-0.05, 0) is 40.6 Å². The van der Waals surface area contributed by atoms with E-state index in [2.05, 4.69) is 16.8 Å². The molecule has 1 aliphatic heterocycles. The maximum absolute atomic E-state index is 12.3. The molecule has 2 aromatic rings. The molecule has 2 heterocycles. The van der Waals surface area contributed by atoms with E-state index in [9.17, 15) is 4.79 Å². The van der Waals surface area contributed by atoms with Gasteiger partial charge in [-0.1, -0.05) is 12.1 Å². The van der Waals surface area contributed by atoms with Gasteiger partial charge in [0.15, 0.2) is 0 Å². The molecule has 4 nitrogen and oxygen atoms in total. The molecular formula is C19H23N2O2S+. The molecule has 1 amide bonds. The van der Waals surface area contributed by atoms with Gasteiger partial charge < -0.3 is 14.5 Å². The Kier molecular flexibility index (Phi) is 5.67. The topological polar surface area (TPSA) is 34.0 Å². The molecule has 5 heteroatoms. The Bertz CT molecular complexity index is 672. The predicted octanol–water partition coefficient (Wildman–Crippen LogP) is 1.70. The molecule has 0 bridgehead atoms. The first-order chi connectivity index (χ1) is 11.7. The molecule has 1 saturated heterocycles. The minimum Gasteiger partial charge on any atom is -0.497 e. The van der Waals surface area contributed by atoms with Gasteiger partial charge >= 0.3 is 0 Å². The number of amides is 1. The molecule has 0 radical (unpaired) electrons. The number of nitrogens with zero attached hydrogens (tertiary/aromatic N) is 1. The fraction of sp³-hybridized carbons (Fsp3) is 0.316. The monoisotopic (exact) mass is 343 g/mol. The number of piperazine rings is 1. The summed E-state index contributed by atoms with van der Waals surface area (Å²) in [6, 6.07) is 9.89. The lowest BCUT2D eigenvalue weighted by atomic mass is 10.2. The van der Waals surface area contributed by atoms with Gasteiger partial charge in [0.05, 0.1) is 33.3 Å². The molecule has 0 atom stereocenters. The SMILES string of the molecule is COc1ccc(/C=C/C(=O)N2CC[NH+](Cc3ccsc3)CC2)cc1. The van der Waals surface area contributed by atoms with E-state index in [0.29, 0.717) is 0 Å². The second-order valence-electron chi connectivity index (χ2n) is 5.99. The van der Waals surface area contributed by atoms with Crippen LogP contribution in [0.5, 0.6) is 5.75 Å². The van der Waals surface area contributed by atoms with Crippen molar-refractivity contribution in [2.45, 2.75) is 6.54 Å². The van der Waals surface area contributed by atoms with E-state index in [1.165, 1.54) is 5.56 Å². The molecule has 0 aliphatic carbocycles. The zero-order chi connectivity index (χ0) is 16.8. The largest absolute Gasteiger partial charge is 0.497 e. The van der Waals surface area contributed by atoms with Gasteiger partial charge in [0.1, 0.15) is 12.3 Å². The van der Waals surface area contributed by atoms with Gasteiger partial charge in [-0.3, -0.25) is 4.79 Å². The number of carbonyl (C=O) groups excluding carboxylic acids is 1. The average molecular weight is 343 g/mol. The first kappa shape index (κ1) is 16.7. The van der Waals surface area contributed by atoms with Gasteiger partial charge in [0.2, 0.25) is 5.91 Å². The second-order valence-corrected chi connectivity index (χ2v) is 6.77. The molecule has 0 unspecified atom stereocenters. The van der Waals surface area contributed by atoms with Crippen LogP contribution in [-0.4, -0.2) is 44.1 Å². The van der Waals surface area contributed by atoms with E-state index in [-0.39, 0.29) is 5.91 Å². The standard InChI is InChI=1S/C19H22N2O2S/c1-23-18-5-2-16(3-6-18)4-7-19(22)21-11-9-20(10-12-21)14-17-8-13-24-15-17/h2-8,13,15H,9-12,14H2,1H3/p+1/b7-4+. The molecule has 1 fully saturated rings. The fourth-order valence-corrected chi connectivity index (χ4v) is 3.56. The Labute approximate surface area is 147 Å². The smallest absolute Gasteiger partial charge is 0.246 e. The quantitative estimate of drug-likeness (QED) is 0.839. The Morgan fingerprint density at radius 1 is 1.25 bits per heavy atom. The molecule has 126 valence electrons. The van der Waals surface area contributed by atoms with Crippen LogP contribution in [0.15, 0.2) is 47.2 Å². The van der Waals surface area contributed by atoms with Crippen molar-refractivity contribution in [2.24, 2.45) is 0 Å². The number of hydrogen-bond acceptors (Lipinski definition) is 3. The number of nitrogens with one attached hydrogen (secondary N) is 1. The van der Waals surface area contributed by atoms with E-state index in [0.717, 1.165) is 44.0 Å². The molecule has 1 aromatic carbocycles. The summed E-state index contributed by atoms with van der Waals surface area (Å²) in [7, 11) is 1.65. The molecule has 1 aromatic heterocycles. The predicted molar refractivity (Wildman–Crippen MR) is 97.3 cm³/mol. The number of carbonyl (C=O) groups is 1. The molecule has 1 aliphatic rings. The molecule has 0 saturated carbocycles. The van der Waals surface area contributed by atoms with Gasteiger partial charge in [-0.15, -0.1) is 0 Å². The summed E-state index contributed by atoms with van der Waals surface area (Å²) in [4.78, 5) is 15.8. The van der Waals surface area contributed by atoms with E-state index in [4.69, 9.17) is 4.74 Å². The van der Waals surface area contributed by atoms with Gasteiger partial charge in [0, 0.05) is 11.6 Å². The summed E-state index contributed by atoms with van der Waals surface area (Å²) < 4.78 is 5.14. The van der Waals surface area contributed by atoms with Crippen LogP contribution in [0.1, 0.15) is 11.1 Å². The highest BCUT2D eigenvalue weighted by molar-refractivity contribution is 7.07. The van der Waals surface area contributed by atoms with Crippen molar-refractivity contribution < 1.29 is 14.4 Å². The lowest BCUT2D eigenvalue weighted by Crippen LogP contribution is -3.13.